The molecule has 4 heteroatoms. The number of nitrogens with zero attached hydrogens (tertiary/aromatic N) is 2. The van der Waals surface area contributed by atoms with Crippen LogP contribution in [-0.2, 0) is 0 Å². The van der Waals surface area contributed by atoms with Gasteiger partial charge in [-0.2, -0.15) is 0 Å². The first kappa shape index (κ1) is 19.0. The van der Waals surface area contributed by atoms with E-state index < -0.39 is 16.5 Å². The molecule has 1 heterocycles. The predicted molar refractivity (Wildman–Crippen MR) is 120 cm³/mol. The van der Waals surface area contributed by atoms with E-state index in [0.717, 1.165) is 16.1 Å². The molecule has 0 unspecified atom stereocenters. The number of rotatable bonds is 4. The van der Waals surface area contributed by atoms with Crippen molar-refractivity contribution in [2.75, 3.05) is 6.54 Å². The molecule has 0 atom stereocenters. The van der Waals surface area contributed by atoms with Crippen molar-refractivity contribution in [1.29, 1.82) is 0 Å². The van der Waals surface area contributed by atoms with Gasteiger partial charge in [-0.25, -0.2) is 4.99 Å². The number of hydrogen-bond acceptors (Lipinski definition) is 1. The summed E-state index contributed by atoms with van der Waals surface area (Å²) in [4.78, 5) is 4.96. The van der Waals surface area contributed by atoms with Gasteiger partial charge in [0.2, 0.25) is 0 Å². The first-order valence-corrected chi connectivity index (χ1v) is 16.3. The molecule has 0 N–H and O–H groups in total. The van der Waals surface area contributed by atoms with Crippen LogP contribution in [0.5, 0.6) is 0 Å². The molecule has 0 saturated carbocycles. The zero-order valence-electron chi connectivity index (χ0n) is 17.0. The maximum absolute atomic E-state index is 4.96. The average molecular weight is 380 g/mol. The van der Waals surface area contributed by atoms with Crippen LogP contribution in [0.2, 0.25) is 39.3 Å². The number of hydrogen-bond donors (Lipinski definition) is 0. The molecule has 2 aromatic carbocycles. The van der Waals surface area contributed by atoms with Crippen LogP contribution in [0, 0.1) is 0 Å². The minimum Gasteiger partial charge on any atom is -0.405 e. The van der Waals surface area contributed by atoms with E-state index in [1.807, 2.05) is 0 Å². The molecule has 3 rings (SSSR count). The van der Waals surface area contributed by atoms with Crippen molar-refractivity contribution in [1.82, 2.24) is 0 Å². The first-order chi connectivity index (χ1) is 12.2. The minimum absolute atomic E-state index is 1.02. The summed E-state index contributed by atoms with van der Waals surface area (Å²) in [5.41, 5.74) is 5.15. The first-order valence-electron chi connectivity index (χ1n) is 9.45. The Bertz CT molecular complexity index is 812. The fraction of sp³-hybridized carbons (Fsp3) is 0.318. The van der Waals surface area contributed by atoms with Crippen LogP contribution in [0.4, 0.5) is 0 Å². The highest BCUT2D eigenvalue weighted by atomic mass is 28.4. The molecule has 0 aromatic heterocycles. The standard InChI is InChI=1S/C22H31N2Si2/c1-25(2,3)24(26(4,5)6)18-17-23-21(19-13-9-7-10-14-19)22(24)20-15-11-8-12-16-20/h7-17H,18H2,1-6H3/q+1. The van der Waals surface area contributed by atoms with E-state index in [0.29, 0.717) is 0 Å². The van der Waals surface area contributed by atoms with Gasteiger partial charge in [-0.3, -0.25) is 0 Å². The molecule has 0 spiro atoms. The van der Waals surface area contributed by atoms with E-state index in [-0.39, 0.29) is 0 Å². The van der Waals surface area contributed by atoms with Gasteiger partial charge in [0.15, 0.2) is 0 Å². The third-order valence-corrected chi connectivity index (χ3v) is 15.0. The van der Waals surface area contributed by atoms with Crippen molar-refractivity contribution < 1.29 is 3.81 Å². The van der Waals surface area contributed by atoms with Gasteiger partial charge in [-0.05, 0) is 51.4 Å². The Morgan fingerprint density at radius 1 is 0.692 bits per heavy atom. The maximum atomic E-state index is 4.96. The fourth-order valence-corrected chi connectivity index (χ4v) is 15.7. The normalized spacial score (nSPS) is 17.5. The van der Waals surface area contributed by atoms with Crippen molar-refractivity contribution in [3.8, 4) is 0 Å². The summed E-state index contributed by atoms with van der Waals surface area (Å²) in [5, 5.41) is 0. The number of quaternary nitrogens is 1. The minimum atomic E-state index is -1.61. The lowest BCUT2D eigenvalue weighted by molar-refractivity contribution is -0.635. The zero-order valence-corrected chi connectivity index (χ0v) is 19.0. The summed E-state index contributed by atoms with van der Waals surface area (Å²) in [6.07, 6.45) is 2.19. The number of aliphatic imine (C=N–C) groups is 1. The van der Waals surface area contributed by atoms with Crippen LogP contribution in [0.15, 0.2) is 65.7 Å². The molecule has 136 valence electrons. The van der Waals surface area contributed by atoms with Crippen molar-refractivity contribution in [2.45, 2.75) is 39.3 Å². The quantitative estimate of drug-likeness (QED) is 0.571. The Kier molecular flexibility index (Phi) is 4.95. The average Bonchev–Trinajstić information content (AvgIpc) is 2.60. The highest BCUT2D eigenvalue weighted by molar-refractivity contribution is 6.83. The van der Waals surface area contributed by atoms with E-state index >= 15 is 0 Å². The van der Waals surface area contributed by atoms with Crippen molar-refractivity contribution in [2.24, 2.45) is 4.99 Å². The van der Waals surface area contributed by atoms with Crippen LogP contribution in [0.1, 0.15) is 11.1 Å². The molecule has 0 amide bonds. The van der Waals surface area contributed by atoms with Gasteiger partial charge in [-0.1, -0.05) is 48.5 Å². The van der Waals surface area contributed by atoms with Crippen LogP contribution in [0.25, 0.3) is 11.4 Å². The highest BCUT2D eigenvalue weighted by Gasteiger charge is 2.56. The Balaban J connectivity index is 2.43. The third kappa shape index (κ3) is 3.06. The molecule has 0 radical (unpaired) electrons. The highest BCUT2D eigenvalue weighted by Crippen LogP contribution is 2.46. The van der Waals surface area contributed by atoms with Gasteiger partial charge in [-0.15, -0.1) is 0 Å². The lowest BCUT2D eigenvalue weighted by Gasteiger charge is -2.58. The second kappa shape index (κ2) is 6.76. The molecule has 26 heavy (non-hydrogen) atoms. The van der Waals surface area contributed by atoms with Gasteiger partial charge in [0.1, 0.15) is 11.4 Å². The second-order valence-corrected chi connectivity index (χ2v) is 19.7. The zero-order chi connectivity index (χ0) is 19.0. The Morgan fingerprint density at radius 2 is 1.15 bits per heavy atom. The summed E-state index contributed by atoms with van der Waals surface area (Å²) in [6, 6.07) is 21.7. The Labute approximate surface area is 160 Å². The molecule has 1 aliphatic heterocycles. The molecule has 0 bridgehead atoms. The topological polar surface area (TPSA) is 12.4 Å². The lowest BCUT2D eigenvalue weighted by atomic mass is 10.0. The smallest absolute Gasteiger partial charge is 0.264 e. The lowest BCUT2D eigenvalue weighted by Crippen LogP contribution is -2.74. The van der Waals surface area contributed by atoms with Crippen molar-refractivity contribution >= 4 is 34.1 Å². The summed E-state index contributed by atoms with van der Waals surface area (Å²) in [5.74, 6) is 0. The third-order valence-electron chi connectivity index (χ3n) is 5.57. The molecule has 0 saturated heterocycles. The van der Waals surface area contributed by atoms with Crippen LogP contribution in [-0.4, -0.2) is 33.0 Å². The van der Waals surface area contributed by atoms with Crippen LogP contribution >= 0.6 is 0 Å². The van der Waals surface area contributed by atoms with Crippen molar-refractivity contribution in [3.05, 3.63) is 71.8 Å². The maximum Gasteiger partial charge on any atom is 0.264 e. The Hall–Kier alpha value is -1.76. The van der Waals surface area contributed by atoms with E-state index in [1.54, 1.807) is 0 Å². The molecule has 2 nitrogen and oxygen atoms in total. The molecule has 0 aliphatic carbocycles. The largest absolute Gasteiger partial charge is 0.405 e. The molecular weight excluding hydrogens is 348 g/mol. The van der Waals surface area contributed by atoms with Gasteiger partial charge in [0, 0.05) is 11.1 Å². The van der Waals surface area contributed by atoms with Gasteiger partial charge < -0.3 is 3.81 Å². The summed E-state index contributed by atoms with van der Waals surface area (Å²) < 4.78 is 1.14. The monoisotopic (exact) mass is 379 g/mol. The summed E-state index contributed by atoms with van der Waals surface area (Å²) in [6.45, 7) is 16.2. The van der Waals surface area contributed by atoms with Crippen LogP contribution < -0.4 is 0 Å². The fourth-order valence-electron chi connectivity index (χ4n) is 4.57. The molecule has 2 aromatic rings. The predicted octanol–water partition coefficient (Wildman–Crippen LogP) is 6.08. The van der Waals surface area contributed by atoms with Gasteiger partial charge >= 0.3 is 0 Å². The molecule has 0 fully saturated rings. The number of benzene rings is 2. The summed E-state index contributed by atoms with van der Waals surface area (Å²) in [7, 11) is -3.23. The van der Waals surface area contributed by atoms with E-state index in [4.69, 9.17) is 4.99 Å². The molecular formula is C22H31N2Si2+. The summed E-state index contributed by atoms with van der Waals surface area (Å²) >= 11 is 0. The van der Waals surface area contributed by atoms with E-state index in [1.165, 1.54) is 16.8 Å². The second-order valence-electron chi connectivity index (χ2n) is 9.07. The van der Waals surface area contributed by atoms with E-state index in [2.05, 4.69) is 106 Å². The van der Waals surface area contributed by atoms with Gasteiger partial charge in [0.05, 0.1) is 12.8 Å². The van der Waals surface area contributed by atoms with Crippen molar-refractivity contribution in [3.63, 3.8) is 0 Å². The van der Waals surface area contributed by atoms with Crippen LogP contribution in [0.3, 0.4) is 0 Å². The SMILES string of the molecule is C[Si](C)(C)[N+]1([Si](C)(C)C)CC=NC(c2ccccc2)=C1c1ccccc1. The Morgan fingerprint density at radius 3 is 1.62 bits per heavy atom. The van der Waals surface area contributed by atoms with E-state index in [9.17, 15) is 0 Å². The molecule has 1 aliphatic rings. The van der Waals surface area contributed by atoms with Gasteiger partial charge in [0.25, 0.3) is 16.5 Å².